The van der Waals surface area contributed by atoms with Gasteiger partial charge in [-0.2, -0.15) is 0 Å². The summed E-state index contributed by atoms with van der Waals surface area (Å²) in [5, 5.41) is 11.3. The Morgan fingerprint density at radius 1 is 1.12 bits per heavy atom. The van der Waals surface area contributed by atoms with Gasteiger partial charge >= 0.3 is 0 Å². The normalized spacial score (nSPS) is 17.0. The number of para-hydroxylation sites is 1. The van der Waals surface area contributed by atoms with E-state index in [1.807, 2.05) is 13.8 Å². The first-order valence-electron chi connectivity index (χ1n) is 8.32. The van der Waals surface area contributed by atoms with Crippen molar-refractivity contribution >= 4 is 23.5 Å². The molecule has 0 aliphatic carbocycles. The van der Waals surface area contributed by atoms with Crippen LogP contribution in [0, 0.1) is 0 Å². The number of hydrogen-bond acceptors (Lipinski definition) is 5. The molecule has 2 amide bonds. The fraction of sp³-hybridized carbons (Fsp3) is 0.250. The van der Waals surface area contributed by atoms with Crippen LogP contribution in [0.25, 0.3) is 0 Å². The maximum atomic E-state index is 12.8. The van der Waals surface area contributed by atoms with Gasteiger partial charge < -0.3 is 14.6 Å². The van der Waals surface area contributed by atoms with Gasteiger partial charge in [-0.05, 0) is 37.6 Å². The van der Waals surface area contributed by atoms with Gasteiger partial charge in [0, 0.05) is 12.0 Å². The van der Waals surface area contributed by atoms with Crippen LogP contribution in [0.15, 0.2) is 48.5 Å². The summed E-state index contributed by atoms with van der Waals surface area (Å²) in [5.41, 5.74) is 0.549. The molecule has 1 atom stereocenters. The number of carbonyl (C=O) groups is 3. The second kappa shape index (κ2) is 7.00. The Kier molecular flexibility index (Phi) is 4.75. The number of imide groups is 1. The number of ether oxygens (including phenoxy) is 1. The molecule has 2 aromatic carbocycles. The summed E-state index contributed by atoms with van der Waals surface area (Å²) < 4.78 is 5.58. The lowest BCUT2D eigenvalue weighted by Gasteiger charge is -2.19. The predicted molar refractivity (Wildman–Crippen MR) is 92.8 cm³/mol. The van der Waals surface area contributed by atoms with Crippen molar-refractivity contribution in [1.82, 2.24) is 0 Å². The molecule has 1 saturated heterocycles. The van der Waals surface area contributed by atoms with E-state index in [9.17, 15) is 19.5 Å². The Morgan fingerprint density at radius 3 is 2.38 bits per heavy atom. The van der Waals surface area contributed by atoms with Crippen LogP contribution in [0.3, 0.4) is 0 Å². The van der Waals surface area contributed by atoms with Crippen molar-refractivity contribution in [2.75, 3.05) is 4.90 Å². The number of carbonyl (C=O) groups excluding carboxylic acids is 3. The number of carboxylic acids is 1. The molecule has 3 rings (SSSR count). The third-order valence-electron chi connectivity index (χ3n) is 4.17. The molecule has 1 aliphatic heterocycles. The third-order valence-corrected chi connectivity index (χ3v) is 4.17. The predicted octanol–water partition coefficient (Wildman–Crippen LogP) is 1.88. The van der Waals surface area contributed by atoms with E-state index < -0.39 is 23.7 Å². The number of hydrogen-bond donors (Lipinski definition) is 0. The Morgan fingerprint density at radius 2 is 1.77 bits per heavy atom. The molecule has 0 saturated carbocycles. The second-order valence-electron chi connectivity index (χ2n) is 6.36. The molecule has 1 aliphatic rings. The van der Waals surface area contributed by atoms with Gasteiger partial charge in [-0.25, -0.2) is 4.90 Å². The number of benzene rings is 2. The van der Waals surface area contributed by atoms with Crippen molar-refractivity contribution in [3.05, 3.63) is 59.7 Å². The summed E-state index contributed by atoms with van der Waals surface area (Å²) >= 11 is 0. The SMILES string of the molecule is CC(C)Oc1ccc([C@H]2CC(=O)N(c3ccccc3C(=O)[O-])C2=O)cc1. The van der Waals surface area contributed by atoms with Gasteiger partial charge in [0.05, 0.1) is 23.7 Å². The minimum atomic E-state index is -1.43. The van der Waals surface area contributed by atoms with Crippen molar-refractivity contribution in [2.45, 2.75) is 32.3 Å². The fourth-order valence-electron chi connectivity index (χ4n) is 3.04. The molecule has 0 aromatic heterocycles. The zero-order valence-corrected chi connectivity index (χ0v) is 14.5. The third kappa shape index (κ3) is 3.31. The monoisotopic (exact) mass is 352 g/mol. The average Bonchev–Trinajstić information content (AvgIpc) is 2.89. The molecule has 1 heterocycles. The molecule has 0 unspecified atom stereocenters. The molecule has 0 spiro atoms. The van der Waals surface area contributed by atoms with Gasteiger partial charge in [0.15, 0.2) is 0 Å². The standard InChI is InChI=1S/C20H19NO5/c1-12(2)26-14-9-7-13(8-10-14)16-11-18(22)21(19(16)23)17-6-4-3-5-15(17)20(24)25/h3-10,12,16H,11H2,1-2H3,(H,24,25)/p-1/t16-/m1/s1. The minimum absolute atomic E-state index is 0.00933. The molecule has 0 N–H and O–H groups in total. The zero-order chi connectivity index (χ0) is 18.8. The van der Waals surface area contributed by atoms with Crippen LogP contribution in [-0.2, 0) is 9.59 Å². The molecular weight excluding hydrogens is 334 g/mol. The van der Waals surface area contributed by atoms with Crippen LogP contribution in [0.2, 0.25) is 0 Å². The number of rotatable bonds is 5. The van der Waals surface area contributed by atoms with Gasteiger partial charge in [0.2, 0.25) is 11.8 Å². The summed E-state index contributed by atoms with van der Waals surface area (Å²) in [5.74, 6) is -2.28. The second-order valence-corrected chi connectivity index (χ2v) is 6.36. The molecule has 6 heteroatoms. The smallest absolute Gasteiger partial charge is 0.241 e. The van der Waals surface area contributed by atoms with Crippen LogP contribution in [0.4, 0.5) is 5.69 Å². The first kappa shape index (κ1) is 17.7. The van der Waals surface area contributed by atoms with Crippen LogP contribution in [0.1, 0.15) is 42.1 Å². The van der Waals surface area contributed by atoms with Gasteiger partial charge in [-0.1, -0.05) is 30.3 Å². The van der Waals surface area contributed by atoms with E-state index in [4.69, 9.17) is 4.74 Å². The Balaban J connectivity index is 1.89. The maximum Gasteiger partial charge on any atom is 0.241 e. The minimum Gasteiger partial charge on any atom is -0.545 e. The summed E-state index contributed by atoms with van der Waals surface area (Å²) in [6.45, 7) is 3.83. The molecule has 2 aromatic rings. The van der Waals surface area contributed by atoms with Crippen LogP contribution >= 0.6 is 0 Å². The first-order valence-corrected chi connectivity index (χ1v) is 8.32. The van der Waals surface area contributed by atoms with Gasteiger partial charge in [0.1, 0.15) is 5.75 Å². The lowest BCUT2D eigenvalue weighted by Crippen LogP contribution is -2.33. The summed E-state index contributed by atoms with van der Waals surface area (Å²) in [7, 11) is 0. The van der Waals surface area contributed by atoms with E-state index in [0.717, 1.165) is 4.90 Å². The Labute approximate surface area is 151 Å². The fourth-order valence-corrected chi connectivity index (χ4v) is 3.04. The van der Waals surface area contributed by atoms with E-state index in [1.165, 1.54) is 18.2 Å². The lowest BCUT2D eigenvalue weighted by atomic mass is 9.97. The highest BCUT2D eigenvalue weighted by Crippen LogP contribution is 2.35. The highest BCUT2D eigenvalue weighted by Gasteiger charge is 2.41. The maximum absolute atomic E-state index is 12.8. The number of nitrogens with zero attached hydrogens (tertiary/aromatic N) is 1. The van der Waals surface area contributed by atoms with Gasteiger partial charge in [0.25, 0.3) is 0 Å². The van der Waals surface area contributed by atoms with E-state index in [-0.39, 0.29) is 23.8 Å². The number of anilines is 1. The summed E-state index contributed by atoms with van der Waals surface area (Å²) in [4.78, 5) is 37.5. The number of carboxylic acid groups (broad SMARTS) is 1. The van der Waals surface area contributed by atoms with Crippen molar-refractivity contribution in [3.8, 4) is 5.75 Å². The van der Waals surface area contributed by atoms with Gasteiger partial charge in [-0.3, -0.25) is 9.59 Å². The van der Waals surface area contributed by atoms with E-state index in [1.54, 1.807) is 30.3 Å². The Hall–Kier alpha value is -3.15. The summed E-state index contributed by atoms with van der Waals surface area (Å²) in [6.07, 6.45) is 0.0251. The Bertz CT molecular complexity index is 857. The number of amides is 2. The molecule has 1 fully saturated rings. The van der Waals surface area contributed by atoms with Crippen LogP contribution in [0.5, 0.6) is 5.75 Å². The molecule has 26 heavy (non-hydrogen) atoms. The van der Waals surface area contributed by atoms with Crippen molar-refractivity contribution < 1.29 is 24.2 Å². The molecule has 0 bridgehead atoms. The van der Waals surface area contributed by atoms with Crippen molar-refractivity contribution in [1.29, 1.82) is 0 Å². The van der Waals surface area contributed by atoms with Gasteiger partial charge in [-0.15, -0.1) is 0 Å². The number of aromatic carboxylic acids is 1. The van der Waals surface area contributed by atoms with Crippen LogP contribution < -0.4 is 14.7 Å². The van der Waals surface area contributed by atoms with Crippen molar-refractivity contribution in [3.63, 3.8) is 0 Å². The summed E-state index contributed by atoms with van der Waals surface area (Å²) in [6, 6.07) is 12.9. The largest absolute Gasteiger partial charge is 0.545 e. The molecule has 0 radical (unpaired) electrons. The molecular formula is C20H18NO5-. The average molecular weight is 352 g/mol. The van der Waals surface area contributed by atoms with E-state index in [0.29, 0.717) is 11.3 Å². The van der Waals surface area contributed by atoms with E-state index in [2.05, 4.69) is 0 Å². The van der Waals surface area contributed by atoms with Crippen molar-refractivity contribution in [2.24, 2.45) is 0 Å². The molecule has 6 nitrogen and oxygen atoms in total. The topological polar surface area (TPSA) is 86.7 Å². The van der Waals surface area contributed by atoms with E-state index >= 15 is 0 Å². The van der Waals surface area contributed by atoms with Crippen LogP contribution in [-0.4, -0.2) is 23.9 Å². The first-order chi connectivity index (χ1) is 12.4. The zero-order valence-electron chi connectivity index (χ0n) is 14.5. The molecule has 134 valence electrons. The highest BCUT2D eigenvalue weighted by atomic mass is 16.5. The highest BCUT2D eigenvalue weighted by molar-refractivity contribution is 6.24. The lowest BCUT2D eigenvalue weighted by molar-refractivity contribution is -0.254. The quantitative estimate of drug-likeness (QED) is 0.767.